The summed E-state index contributed by atoms with van der Waals surface area (Å²) in [6, 6.07) is 1.83. The van der Waals surface area contributed by atoms with E-state index in [1.807, 2.05) is 38.8 Å². The van der Waals surface area contributed by atoms with E-state index in [9.17, 15) is 0 Å². The molecule has 0 radical (unpaired) electrons. The molecule has 0 aromatic carbocycles. The van der Waals surface area contributed by atoms with Crippen molar-refractivity contribution in [1.82, 2.24) is 9.97 Å². The Labute approximate surface area is 109 Å². The summed E-state index contributed by atoms with van der Waals surface area (Å²) in [5.74, 6) is 7.66. The van der Waals surface area contributed by atoms with Gasteiger partial charge in [-0.15, -0.1) is 0 Å². The molecule has 0 unspecified atom stereocenters. The number of hydrogen-bond acceptors (Lipinski definition) is 6. The second-order valence-electron chi connectivity index (χ2n) is 4.37. The van der Waals surface area contributed by atoms with E-state index in [1.165, 1.54) is 0 Å². The zero-order valence-corrected chi connectivity index (χ0v) is 11.6. The van der Waals surface area contributed by atoms with Crippen LogP contribution < -0.4 is 16.2 Å². The fourth-order valence-corrected chi connectivity index (χ4v) is 1.45. The van der Waals surface area contributed by atoms with Gasteiger partial charge in [-0.25, -0.2) is 15.8 Å². The van der Waals surface area contributed by atoms with Gasteiger partial charge in [0.1, 0.15) is 17.5 Å². The van der Waals surface area contributed by atoms with Crippen LogP contribution in [-0.4, -0.2) is 36.3 Å². The van der Waals surface area contributed by atoms with Crippen molar-refractivity contribution in [3.63, 3.8) is 0 Å². The normalized spacial score (nSPS) is 10.8. The number of likely N-dealkylation sites (N-methyl/N-ethyl adjacent to an activating group) is 1. The molecule has 1 rings (SSSR count). The maximum atomic E-state index is 5.52. The fraction of sp³-hybridized carbons (Fsp3) is 0.667. The Morgan fingerprint density at radius 3 is 2.72 bits per heavy atom. The number of ether oxygens (including phenoxy) is 1. The third kappa shape index (κ3) is 4.46. The molecule has 0 aliphatic carbocycles. The van der Waals surface area contributed by atoms with Gasteiger partial charge in [0.15, 0.2) is 0 Å². The van der Waals surface area contributed by atoms with Crippen LogP contribution in [0.1, 0.15) is 26.6 Å². The number of hydrogen-bond donors (Lipinski definition) is 2. The number of nitrogens with two attached hydrogens (primary N) is 1. The summed E-state index contributed by atoms with van der Waals surface area (Å²) < 4.78 is 5.52. The van der Waals surface area contributed by atoms with E-state index in [1.54, 1.807) is 0 Å². The lowest BCUT2D eigenvalue weighted by Crippen LogP contribution is -2.25. The molecular formula is C12H23N5O. The highest BCUT2D eigenvalue weighted by molar-refractivity contribution is 5.48. The number of hydrazine groups is 1. The highest BCUT2D eigenvalue weighted by atomic mass is 16.5. The lowest BCUT2D eigenvalue weighted by Gasteiger charge is -2.20. The molecule has 3 N–H and O–H groups in total. The summed E-state index contributed by atoms with van der Waals surface area (Å²) in [4.78, 5) is 10.7. The van der Waals surface area contributed by atoms with E-state index in [0.717, 1.165) is 24.6 Å². The molecule has 18 heavy (non-hydrogen) atoms. The van der Waals surface area contributed by atoms with Crippen LogP contribution >= 0.6 is 0 Å². The Bertz CT molecular complexity index is 347. The standard InChI is InChI=1S/C12H23N5O/c1-5-10-14-11(16-13)8-12(15-10)17(4)6-7-18-9(2)3/h8-9H,5-7,13H2,1-4H3,(H,14,15,16). The van der Waals surface area contributed by atoms with Gasteiger partial charge in [0.25, 0.3) is 0 Å². The molecule has 1 aromatic heterocycles. The second kappa shape index (κ2) is 7.13. The summed E-state index contributed by atoms with van der Waals surface area (Å²) in [6.07, 6.45) is 1.02. The molecule has 1 aromatic rings. The number of aromatic nitrogens is 2. The molecule has 6 heteroatoms. The molecule has 1 heterocycles. The number of nitrogens with zero attached hydrogens (tertiary/aromatic N) is 3. The Morgan fingerprint density at radius 2 is 2.17 bits per heavy atom. The van der Waals surface area contributed by atoms with Crippen LogP contribution in [0.3, 0.4) is 0 Å². The van der Waals surface area contributed by atoms with Gasteiger partial charge >= 0.3 is 0 Å². The lowest BCUT2D eigenvalue weighted by molar-refractivity contribution is 0.0845. The first-order valence-electron chi connectivity index (χ1n) is 6.24. The van der Waals surface area contributed by atoms with E-state index in [-0.39, 0.29) is 6.10 Å². The maximum Gasteiger partial charge on any atom is 0.145 e. The average Bonchev–Trinajstić information content (AvgIpc) is 2.37. The van der Waals surface area contributed by atoms with Gasteiger partial charge in [0.2, 0.25) is 0 Å². The number of aryl methyl sites for hydroxylation is 1. The van der Waals surface area contributed by atoms with Crippen LogP contribution in [0.15, 0.2) is 6.07 Å². The van der Waals surface area contributed by atoms with E-state index < -0.39 is 0 Å². The summed E-state index contributed by atoms with van der Waals surface area (Å²) >= 11 is 0. The molecule has 0 bridgehead atoms. The monoisotopic (exact) mass is 253 g/mol. The fourth-order valence-electron chi connectivity index (χ4n) is 1.45. The highest BCUT2D eigenvalue weighted by Crippen LogP contribution is 2.14. The molecule has 0 atom stereocenters. The summed E-state index contributed by atoms with van der Waals surface area (Å²) in [5, 5.41) is 0. The molecule has 0 saturated heterocycles. The zero-order valence-electron chi connectivity index (χ0n) is 11.6. The Balaban J connectivity index is 2.68. The third-order valence-electron chi connectivity index (χ3n) is 2.49. The van der Waals surface area contributed by atoms with E-state index in [0.29, 0.717) is 12.4 Å². The van der Waals surface area contributed by atoms with Crippen molar-refractivity contribution in [2.45, 2.75) is 33.3 Å². The maximum absolute atomic E-state index is 5.52. The van der Waals surface area contributed by atoms with E-state index in [2.05, 4.69) is 15.4 Å². The van der Waals surface area contributed by atoms with Crippen molar-refractivity contribution in [2.75, 3.05) is 30.5 Å². The van der Waals surface area contributed by atoms with Gasteiger partial charge in [-0.05, 0) is 13.8 Å². The van der Waals surface area contributed by atoms with Gasteiger partial charge in [-0.2, -0.15) is 0 Å². The van der Waals surface area contributed by atoms with Crippen molar-refractivity contribution in [3.8, 4) is 0 Å². The van der Waals surface area contributed by atoms with Gasteiger partial charge < -0.3 is 15.1 Å². The zero-order chi connectivity index (χ0) is 13.5. The number of rotatable bonds is 7. The smallest absolute Gasteiger partial charge is 0.145 e. The van der Waals surface area contributed by atoms with Crippen molar-refractivity contribution in [2.24, 2.45) is 5.84 Å². The SMILES string of the molecule is CCc1nc(NN)cc(N(C)CCOC(C)C)n1. The molecule has 0 fully saturated rings. The van der Waals surface area contributed by atoms with Crippen molar-refractivity contribution in [1.29, 1.82) is 0 Å². The third-order valence-corrected chi connectivity index (χ3v) is 2.49. The van der Waals surface area contributed by atoms with Crippen LogP contribution in [0.25, 0.3) is 0 Å². The average molecular weight is 253 g/mol. The first kappa shape index (κ1) is 14.7. The number of nitrogen functional groups attached to an aromatic ring is 1. The highest BCUT2D eigenvalue weighted by Gasteiger charge is 2.07. The van der Waals surface area contributed by atoms with Gasteiger partial charge in [-0.3, -0.25) is 0 Å². The topological polar surface area (TPSA) is 76.3 Å². The summed E-state index contributed by atoms with van der Waals surface area (Å²) in [7, 11) is 1.98. The lowest BCUT2D eigenvalue weighted by atomic mass is 10.4. The summed E-state index contributed by atoms with van der Waals surface area (Å²) in [6.45, 7) is 7.52. The van der Waals surface area contributed by atoms with Crippen LogP contribution in [0.4, 0.5) is 11.6 Å². The molecule has 102 valence electrons. The first-order chi connectivity index (χ1) is 8.56. The Hall–Kier alpha value is -1.40. The Morgan fingerprint density at radius 1 is 1.44 bits per heavy atom. The number of nitrogens with one attached hydrogen (secondary N) is 1. The predicted molar refractivity (Wildman–Crippen MR) is 73.6 cm³/mol. The quantitative estimate of drug-likeness (QED) is 0.561. The van der Waals surface area contributed by atoms with Crippen LogP contribution in [0.2, 0.25) is 0 Å². The minimum absolute atomic E-state index is 0.247. The minimum Gasteiger partial charge on any atom is -0.377 e. The molecule has 0 aliphatic heterocycles. The van der Waals surface area contributed by atoms with Gasteiger partial charge in [-0.1, -0.05) is 6.92 Å². The van der Waals surface area contributed by atoms with Crippen LogP contribution in [0.5, 0.6) is 0 Å². The summed E-state index contributed by atoms with van der Waals surface area (Å²) in [5.41, 5.74) is 2.56. The predicted octanol–water partition coefficient (Wildman–Crippen LogP) is 1.19. The van der Waals surface area contributed by atoms with E-state index >= 15 is 0 Å². The van der Waals surface area contributed by atoms with E-state index in [4.69, 9.17) is 10.6 Å². The van der Waals surface area contributed by atoms with Crippen molar-refractivity contribution in [3.05, 3.63) is 11.9 Å². The molecule has 0 spiro atoms. The molecule has 0 aliphatic rings. The second-order valence-corrected chi connectivity index (χ2v) is 4.37. The van der Waals surface area contributed by atoms with Crippen molar-refractivity contribution < 1.29 is 4.74 Å². The van der Waals surface area contributed by atoms with Crippen molar-refractivity contribution >= 4 is 11.6 Å². The van der Waals surface area contributed by atoms with Gasteiger partial charge in [0.05, 0.1) is 12.7 Å². The molecule has 0 amide bonds. The molecular weight excluding hydrogens is 230 g/mol. The number of anilines is 2. The first-order valence-corrected chi connectivity index (χ1v) is 6.24. The van der Waals surface area contributed by atoms with Crippen LogP contribution in [-0.2, 0) is 11.2 Å². The molecule has 0 saturated carbocycles. The van der Waals surface area contributed by atoms with Crippen LogP contribution in [0, 0.1) is 0 Å². The van der Waals surface area contributed by atoms with Gasteiger partial charge in [0, 0.05) is 26.1 Å². The molecule has 6 nitrogen and oxygen atoms in total. The minimum atomic E-state index is 0.247. The largest absolute Gasteiger partial charge is 0.377 e. The Kier molecular flexibility index (Phi) is 5.80.